The standard InChI is InChI=1S/C16H26ClNO3/c1-11(19-5)10-21-15-12(9-18-16(2,3)4)7-13(17)8-14(15)20-6/h7-8,11,18H,9-10H2,1-6H3. The Kier molecular flexibility index (Phi) is 6.78. The number of ether oxygens (including phenoxy) is 3. The average molecular weight is 316 g/mol. The van der Waals surface area contributed by atoms with Gasteiger partial charge in [0, 0.05) is 35.8 Å². The number of benzene rings is 1. The van der Waals surface area contributed by atoms with E-state index in [1.807, 2.05) is 13.0 Å². The highest BCUT2D eigenvalue weighted by Gasteiger charge is 2.16. The van der Waals surface area contributed by atoms with Crippen molar-refractivity contribution >= 4 is 11.6 Å². The van der Waals surface area contributed by atoms with E-state index in [9.17, 15) is 0 Å². The Morgan fingerprint density at radius 3 is 2.43 bits per heavy atom. The lowest BCUT2D eigenvalue weighted by atomic mass is 10.1. The molecule has 1 atom stereocenters. The van der Waals surface area contributed by atoms with Crippen LogP contribution in [-0.2, 0) is 11.3 Å². The summed E-state index contributed by atoms with van der Waals surface area (Å²) in [6.07, 6.45) is 0.00816. The molecule has 1 aromatic carbocycles. The highest BCUT2D eigenvalue weighted by atomic mass is 35.5. The molecule has 0 spiro atoms. The zero-order valence-electron chi connectivity index (χ0n) is 13.7. The van der Waals surface area contributed by atoms with Gasteiger partial charge in [0.05, 0.1) is 13.2 Å². The lowest BCUT2D eigenvalue weighted by Crippen LogP contribution is -2.35. The highest BCUT2D eigenvalue weighted by molar-refractivity contribution is 6.30. The number of hydrogen-bond donors (Lipinski definition) is 1. The van der Waals surface area contributed by atoms with Crippen molar-refractivity contribution in [3.8, 4) is 11.5 Å². The minimum atomic E-state index is 0.00659. The van der Waals surface area contributed by atoms with Gasteiger partial charge in [0.15, 0.2) is 11.5 Å². The van der Waals surface area contributed by atoms with E-state index >= 15 is 0 Å². The SMILES string of the molecule is COc1cc(Cl)cc(CNC(C)(C)C)c1OCC(C)OC. The van der Waals surface area contributed by atoms with Crippen molar-refractivity contribution < 1.29 is 14.2 Å². The van der Waals surface area contributed by atoms with Gasteiger partial charge in [-0.25, -0.2) is 0 Å². The van der Waals surface area contributed by atoms with Crippen molar-refractivity contribution in [1.29, 1.82) is 0 Å². The van der Waals surface area contributed by atoms with E-state index < -0.39 is 0 Å². The third kappa shape index (κ3) is 6.12. The molecule has 0 aliphatic carbocycles. The van der Waals surface area contributed by atoms with E-state index in [2.05, 4.69) is 26.1 Å². The van der Waals surface area contributed by atoms with Gasteiger partial charge in [-0.3, -0.25) is 0 Å². The third-order valence-electron chi connectivity index (χ3n) is 2.99. The second-order valence-corrected chi connectivity index (χ2v) is 6.49. The van der Waals surface area contributed by atoms with Crippen molar-refractivity contribution in [3.63, 3.8) is 0 Å². The van der Waals surface area contributed by atoms with Crippen LogP contribution in [0, 0.1) is 0 Å². The quantitative estimate of drug-likeness (QED) is 0.833. The van der Waals surface area contributed by atoms with E-state index in [-0.39, 0.29) is 11.6 Å². The van der Waals surface area contributed by atoms with Crippen LogP contribution in [0.15, 0.2) is 12.1 Å². The molecule has 1 aromatic rings. The van der Waals surface area contributed by atoms with Crippen LogP contribution in [0.25, 0.3) is 0 Å². The highest BCUT2D eigenvalue weighted by Crippen LogP contribution is 2.35. The molecule has 0 fully saturated rings. The van der Waals surface area contributed by atoms with Gasteiger partial charge in [-0.1, -0.05) is 11.6 Å². The molecule has 0 heterocycles. The molecule has 0 aromatic heterocycles. The largest absolute Gasteiger partial charge is 0.493 e. The fourth-order valence-electron chi connectivity index (χ4n) is 1.70. The van der Waals surface area contributed by atoms with Gasteiger partial charge in [-0.15, -0.1) is 0 Å². The smallest absolute Gasteiger partial charge is 0.165 e. The maximum Gasteiger partial charge on any atom is 0.165 e. The van der Waals surface area contributed by atoms with Crippen LogP contribution in [-0.4, -0.2) is 32.5 Å². The number of halogens is 1. The first-order chi connectivity index (χ1) is 9.76. The Morgan fingerprint density at radius 1 is 1.24 bits per heavy atom. The predicted octanol–water partition coefficient (Wildman–Crippen LogP) is 3.65. The molecule has 1 rings (SSSR count). The first-order valence-corrected chi connectivity index (χ1v) is 7.41. The predicted molar refractivity (Wildman–Crippen MR) is 86.6 cm³/mol. The van der Waals surface area contributed by atoms with Crippen molar-refractivity contribution in [2.24, 2.45) is 0 Å². The second kappa shape index (κ2) is 7.87. The molecule has 0 bridgehead atoms. The average Bonchev–Trinajstić information content (AvgIpc) is 2.41. The monoisotopic (exact) mass is 315 g/mol. The summed E-state index contributed by atoms with van der Waals surface area (Å²) in [6, 6.07) is 3.66. The van der Waals surface area contributed by atoms with Crippen LogP contribution >= 0.6 is 11.6 Å². The van der Waals surface area contributed by atoms with Crippen LogP contribution in [0.4, 0.5) is 0 Å². The van der Waals surface area contributed by atoms with Crippen molar-refractivity contribution in [1.82, 2.24) is 5.32 Å². The molecule has 0 saturated carbocycles. The number of hydrogen-bond acceptors (Lipinski definition) is 4. The van der Waals surface area contributed by atoms with Gasteiger partial charge in [0.1, 0.15) is 6.61 Å². The van der Waals surface area contributed by atoms with Crippen LogP contribution in [0.3, 0.4) is 0 Å². The normalized spacial score (nSPS) is 13.1. The Morgan fingerprint density at radius 2 is 1.90 bits per heavy atom. The number of rotatable bonds is 7. The Hall–Kier alpha value is -0.970. The summed E-state index contributed by atoms with van der Waals surface area (Å²) in [6.45, 7) is 9.40. The maximum absolute atomic E-state index is 6.15. The van der Waals surface area contributed by atoms with Crippen molar-refractivity contribution in [2.75, 3.05) is 20.8 Å². The summed E-state index contributed by atoms with van der Waals surface area (Å²) >= 11 is 6.15. The lowest BCUT2D eigenvalue weighted by Gasteiger charge is -2.23. The fraction of sp³-hybridized carbons (Fsp3) is 0.625. The van der Waals surface area contributed by atoms with E-state index in [4.69, 9.17) is 25.8 Å². The van der Waals surface area contributed by atoms with Gasteiger partial charge in [0.25, 0.3) is 0 Å². The van der Waals surface area contributed by atoms with E-state index in [1.54, 1.807) is 20.3 Å². The summed E-state index contributed by atoms with van der Waals surface area (Å²) in [5.41, 5.74) is 0.977. The second-order valence-electron chi connectivity index (χ2n) is 6.06. The first kappa shape index (κ1) is 18.1. The van der Waals surface area contributed by atoms with Gasteiger partial charge >= 0.3 is 0 Å². The van der Waals surface area contributed by atoms with Gasteiger partial charge in [-0.05, 0) is 33.8 Å². The Bertz CT molecular complexity index is 458. The van der Waals surface area contributed by atoms with Gasteiger partial charge in [-0.2, -0.15) is 0 Å². The number of methoxy groups -OCH3 is 2. The first-order valence-electron chi connectivity index (χ1n) is 7.04. The molecule has 4 nitrogen and oxygen atoms in total. The zero-order chi connectivity index (χ0) is 16.0. The summed E-state index contributed by atoms with van der Waals surface area (Å²) in [5.74, 6) is 1.35. The number of nitrogens with one attached hydrogen (secondary N) is 1. The zero-order valence-corrected chi connectivity index (χ0v) is 14.5. The fourth-order valence-corrected chi connectivity index (χ4v) is 1.93. The molecule has 5 heteroatoms. The van der Waals surface area contributed by atoms with E-state index in [0.717, 1.165) is 5.56 Å². The lowest BCUT2D eigenvalue weighted by molar-refractivity contribution is 0.0701. The minimum Gasteiger partial charge on any atom is -0.493 e. The van der Waals surface area contributed by atoms with E-state index in [0.29, 0.717) is 29.7 Å². The Balaban J connectivity index is 2.99. The maximum atomic E-state index is 6.15. The molecule has 21 heavy (non-hydrogen) atoms. The molecule has 1 N–H and O–H groups in total. The summed E-state index contributed by atoms with van der Waals surface area (Å²) < 4.78 is 16.5. The van der Waals surface area contributed by atoms with Crippen molar-refractivity contribution in [2.45, 2.75) is 45.9 Å². The molecule has 0 saturated heterocycles. The summed E-state index contributed by atoms with van der Waals surface area (Å²) in [7, 11) is 3.27. The van der Waals surface area contributed by atoms with Crippen LogP contribution in [0.2, 0.25) is 5.02 Å². The molecular formula is C16H26ClNO3. The van der Waals surface area contributed by atoms with Gasteiger partial charge in [0.2, 0.25) is 0 Å². The molecular weight excluding hydrogens is 290 g/mol. The van der Waals surface area contributed by atoms with Crippen molar-refractivity contribution in [3.05, 3.63) is 22.7 Å². The summed E-state index contributed by atoms with van der Waals surface area (Å²) in [5, 5.41) is 4.06. The molecule has 0 amide bonds. The summed E-state index contributed by atoms with van der Waals surface area (Å²) in [4.78, 5) is 0. The molecule has 0 aliphatic heterocycles. The third-order valence-corrected chi connectivity index (χ3v) is 3.21. The van der Waals surface area contributed by atoms with E-state index in [1.165, 1.54) is 0 Å². The van der Waals surface area contributed by atoms with Crippen LogP contribution in [0.5, 0.6) is 11.5 Å². The molecule has 0 aliphatic rings. The Labute approximate surface area is 132 Å². The molecule has 1 unspecified atom stereocenters. The molecule has 120 valence electrons. The molecule has 0 radical (unpaired) electrons. The van der Waals surface area contributed by atoms with Crippen LogP contribution in [0.1, 0.15) is 33.3 Å². The van der Waals surface area contributed by atoms with Crippen LogP contribution < -0.4 is 14.8 Å². The van der Waals surface area contributed by atoms with Gasteiger partial charge < -0.3 is 19.5 Å². The minimum absolute atomic E-state index is 0.00659. The topological polar surface area (TPSA) is 39.7 Å².